The van der Waals surface area contributed by atoms with E-state index in [0.717, 1.165) is 12.0 Å². The largest absolute Gasteiger partial charge is 0.460 e. The number of carbonyl (C=O) groups is 1. The van der Waals surface area contributed by atoms with E-state index in [1.165, 1.54) is 0 Å². The highest BCUT2D eigenvalue weighted by Crippen LogP contribution is 2.05. The number of ether oxygens (including phenoxy) is 3. The topological polar surface area (TPSA) is 70.8 Å². The van der Waals surface area contributed by atoms with Gasteiger partial charge in [0.25, 0.3) is 0 Å². The first kappa shape index (κ1) is 15.6. The Kier molecular flexibility index (Phi) is 7.81. The molecule has 1 aromatic rings. The Hall–Kier alpha value is -1.43. The predicted octanol–water partition coefficient (Wildman–Crippen LogP) is 1.36. The van der Waals surface area contributed by atoms with Crippen molar-refractivity contribution in [1.29, 1.82) is 0 Å². The van der Waals surface area contributed by atoms with Crippen molar-refractivity contribution < 1.29 is 19.0 Å². The average molecular weight is 267 g/mol. The fourth-order valence-corrected chi connectivity index (χ4v) is 1.46. The molecule has 0 bridgehead atoms. The third-order valence-electron chi connectivity index (χ3n) is 2.52. The van der Waals surface area contributed by atoms with E-state index in [1.807, 2.05) is 12.1 Å². The van der Waals surface area contributed by atoms with Gasteiger partial charge < -0.3 is 19.9 Å². The number of nitrogens with two attached hydrogens (primary N) is 1. The van der Waals surface area contributed by atoms with Crippen LogP contribution in [-0.2, 0) is 20.8 Å². The van der Waals surface area contributed by atoms with Gasteiger partial charge in [-0.1, -0.05) is 12.1 Å². The van der Waals surface area contributed by atoms with Crippen molar-refractivity contribution in [3.63, 3.8) is 0 Å². The molecule has 0 spiro atoms. The van der Waals surface area contributed by atoms with Crippen LogP contribution in [0.4, 0.5) is 0 Å². The summed E-state index contributed by atoms with van der Waals surface area (Å²) in [6.45, 7) is 2.40. The maximum absolute atomic E-state index is 11.7. The zero-order valence-electron chi connectivity index (χ0n) is 11.3. The molecule has 0 aromatic heterocycles. The molecule has 2 N–H and O–H groups in total. The summed E-state index contributed by atoms with van der Waals surface area (Å²) in [5.41, 5.74) is 6.99. The van der Waals surface area contributed by atoms with Crippen LogP contribution in [-0.4, -0.2) is 39.5 Å². The van der Waals surface area contributed by atoms with E-state index in [0.29, 0.717) is 31.9 Å². The number of hydrogen-bond acceptors (Lipinski definition) is 5. The number of rotatable bonds is 9. The molecule has 1 rings (SSSR count). The Bertz CT molecular complexity index is 364. The second kappa shape index (κ2) is 9.49. The SMILES string of the molecule is COCCCOCCOC(=O)c1ccc(CN)cc1. The van der Waals surface area contributed by atoms with Gasteiger partial charge >= 0.3 is 5.97 Å². The van der Waals surface area contributed by atoms with E-state index in [1.54, 1.807) is 19.2 Å². The molecule has 19 heavy (non-hydrogen) atoms. The van der Waals surface area contributed by atoms with Crippen molar-refractivity contribution in [2.75, 3.05) is 33.5 Å². The van der Waals surface area contributed by atoms with Gasteiger partial charge in [-0.25, -0.2) is 4.79 Å². The maximum atomic E-state index is 11.7. The molecule has 0 atom stereocenters. The van der Waals surface area contributed by atoms with Crippen molar-refractivity contribution in [2.24, 2.45) is 5.73 Å². The minimum Gasteiger partial charge on any atom is -0.460 e. The Labute approximate surface area is 113 Å². The highest BCUT2D eigenvalue weighted by molar-refractivity contribution is 5.89. The average Bonchev–Trinajstić information content (AvgIpc) is 2.46. The summed E-state index contributed by atoms with van der Waals surface area (Å²) in [6, 6.07) is 7.06. The molecule has 5 heteroatoms. The molecule has 0 radical (unpaired) electrons. The van der Waals surface area contributed by atoms with Gasteiger partial charge in [0.05, 0.1) is 12.2 Å². The zero-order chi connectivity index (χ0) is 13.9. The third kappa shape index (κ3) is 6.33. The summed E-state index contributed by atoms with van der Waals surface area (Å²) in [6.07, 6.45) is 0.838. The molecule has 0 aliphatic heterocycles. The van der Waals surface area contributed by atoms with Crippen LogP contribution in [0.15, 0.2) is 24.3 Å². The Morgan fingerprint density at radius 3 is 2.47 bits per heavy atom. The van der Waals surface area contributed by atoms with Crippen molar-refractivity contribution in [3.8, 4) is 0 Å². The van der Waals surface area contributed by atoms with Crippen molar-refractivity contribution >= 4 is 5.97 Å². The standard InChI is InChI=1S/C14H21NO4/c1-17-7-2-8-18-9-10-19-14(16)13-5-3-12(11-15)4-6-13/h3-6H,2,7-11,15H2,1H3. The lowest BCUT2D eigenvalue weighted by molar-refractivity contribution is 0.0288. The Morgan fingerprint density at radius 1 is 1.11 bits per heavy atom. The second-order valence-electron chi connectivity index (χ2n) is 4.00. The van der Waals surface area contributed by atoms with E-state index < -0.39 is 0 Å². The van der Waals surface area contributed by atoms with Gasteiger partial charge in [-0.15, -0.1) is 0 Å². The molecule has 106 valence electrons. The predicted molar refractivity (Wildman–Crippen MR) is 71.9 cm³/mol. The minimum atomic E-state index is -0.343. The number of carbonyl (C=O) groups excluding carboxylic acids is 1. The molecule has 0 fully saturated rings. The van der Waals surface area contributed by atoms with Crippen LogP contribution in [0.1, 0.15) is 22.3 Å². The van der Waals surface area contributed by atoms with Crippen LogP contribution in [0.2, 0.25) is 0 Å². The highest BCUT2D eigenvalue weighted by Gasteiger charge is 2.06. The number of esters is 1. The molecule has 5 nitrogen and oxygen atoms in total. The lowest BCUT2D eigenvalue weighted by Crippen LogP contribution is -2.12. The van der Waals surface area contributed by atoms with Crippen molar-refractivity contribution in [3.05, 3.63) is 35.4 Å². The summed E-state index contributed by atoms with van der Waals surface area (Å²) in [5, 5.41) is 0. The van der Waals surface area contributed by atoms with Crippen molar-refractivity contribution in [1.82, 2.24) is 0 Å². The van der Waals surface area contributed by atoms with E-state index in [9.17, 15) is 4.79 Å². The second-order valence-corrected chi connectivity index (χ2v) is 4.00. The van der Waals surface area contributed by atoms with Crippen LogP contribution in [0.3, 0.4) is 0 Å². The summed E-state index contributed by atoms with van der Waals surface area (Å²) in [5.74, 6) is -0.343. The molecule has 0 saturated heterocycles. The van der Waals surface area contributed by atoms with Gasteiger partial charge in [0.2, 0.25) is 0 Å². The van der Waals surface area contributed by atoms with Crippen LogP contribution >= 0.6 is 0 Å². The summed E-state index contributed by atoms with van der Waals surface area (Å²) in [7, 11) is 1.65. The van der Waals surface area contributed by atoms with E-state index >= 15 is 0 Å². The van der Waals surface area contributed by atoms with Gasteiger partial charge in [0.15, 0.2) is 0 Å². The van der Waals surface area contributed by atoms with Crippen LogP contribution in [0, 0.1) is 0 Å². The fourth-order valence-electron chi connectivity index (χ4n) is 1.46. The van der Waals surface area contributed by atoms with Gasteiger partial charge in [-0.2, -0.15) is 0 Å². The molecule has 0 unspecified atom stereocenters. The third-order valence-corrected chi connectivity index (χ3v) is 2.52. The molecule has 0 amide bonds. The monoisotopic (exact) mass is 267 g/mol. The molecule has 0 aliphatic rings. The Morgan fingerprint density at radius 2 is 1.84 bits per heavy atom. The number of benzene rings is 1. The minimum absolute atomic E-state index is 0.254. The number of hydrogen-bond donors (Lipinski definition) is 1. The van der Waals surface area contributed by atoms with Gasteiger partial charge in [-0.3, -0.25) is 0 Å². The van der Waals surface area contributed by atoms with E-state index in [4.69, 9.17) is 19.9 Å². The van der Waals surface area contributed by atoms with Gasteiger partial charge in [0.1, 0.15) is 6.61 Å². The summed E-state index contributed by atoms with van der Waals surface area (Å²) in [4.78, 5) is 11.7. The maximum Gasteiger partial charge on any atom is 0.338 e. The van der Waals surface area contributed by atoms with Gasteiger partial charge in [0, 0.05) is 26.9 Å². The first-order valence-corrected chi connectivity index (χ1v) is 6.30. The summed E-state index contributed by atoms with van der Waals surface area (Å²) >= 11 is 0. The van der Waals surface area contributed by atoms with Crippen LogP contribution in [0.5, 0.6) is 0 Å². The van der Waals surface area contributed by atoms with Crippen LogP contribution in [0.25, 0.3) is 0 Å². The highest BCUT2D eigenvalue weighted by atomic mass is 16.6. The van der Waals surface area contributed by atoms with E-state index in [-0.39, 0.29) is 12.6 Å². The molecule has 0 heterocycles. The Balaban J connectivity index is 2.16. The van der Waals surface area contributed by atoms with Crippen LogP contribution < -0.4 is 5.73 Å². The lowest BCUT2D eigenvalue weighted by Gasteiger charge is -2.06. The fraction of sp³-hybridized carbons (Fsp3) is 0.500. The van der Waals surface area contributed by atoms with Gasteiger partial charge in [-0.05, 0) is 24.1 Å². The molecule has 0 saturated carbocycles. The molecular formula is C14H21NO4. The normalized spacial score (nSPS) is 10.4. The zero-order valence-corrected chi connectivity index (χ0v) is 11.3. The van der Waals surface area contributed by atoms with Crippen molar-refractivity contribution in [2.45, 2.75) is 13.0 Å². The summed E-state index contributed by atoms with van der Waals surface area (Å²) < 4.78 is 15.3. The molecule has 0 aliphatic carbocycles. The molecule has 1 aromatic carbocycles. The molecular weight excluding hydrogens is 246 g/mol. The smallest absolute Gasteiger partial charge is 0.338 e. The quantitative estimate of drug-likeness (QED) is 0.540. The first-order valence-electron chi connectivity index (χ1n) is 6.30. The number of methoxy groups -OCH3 is 1. The first-order chi connectivity index (χ1) is 9.27. The van der Waals surface area contributed by atoms with E-state index in [2.05, 4.69) is 0 Å². The lowest BCUT2D eigenvalue weighted by atomic mass is 10.1.